The lowest BCUT2D eigenvalue weighted by molar-refractivity contribution is 0.444. The van der Waals surface area contributed by atoms with Crippen molar-refractivity contribution in [1.82, 2.24) is 4.57 Å². The number of aromatic nitrogens is 1. The lowest BCUT2D eigenvalue weighted by atomic mass is 9.58. The highest BCUT2D eigenvalue weighted by molar-refractivity contribution is 6.25. The molecule has 0 radical (unpaired) electrons. The molecule has 0 saturated carbocycles. The van der Waals surface area contributed by atoms with Gasteiger partial charge in [-0.05, 0) is 117 Å². The van der Waals surface area contributed by atoms with E-state index in [0.717, 1.165) is 19.3 Å². The topological polar surface area (TPSA) is 8.17 Å². The van der Waals surface area contributed by atoms with Gasteiger partial charge < -0.3 is 9.47 Å². The van der Waals surface area contributed by atoms with Crippen molar-refractivity contribution in [3.8, 4) is 5.69 Å². The van der Waals surface area contributed by atoms with Gasteiger partial charge in [0.15, 0.2) is 0 Å². The Labute approximate surface area is 332 Å². The Bertz CT molecular complexity index is 3190. The molecule has 270 valence electrons. The van der Waals surface area contributed by atoms with Gasteiger partial charge in [0.2, 0.25) is 0 Å². The lowest BCUT2D eigenvalue weighted by Gasteiger charge is -2.50. The average molecular weight is 729 g/mol. The van der Waals surface area contributed by atoms with Crippen molar-refractivity contribution < 1.29 is 0 Å². The van der Waals surface area contributed by atoms with Crippen LogP contribution < -0.4 is 4.90 Å². The van der Waals surface area contributed by atoms with Gasteiger partial charge in [0, 0.05) is 22.2 Å². The predicted octanol–water partition coefficient (Wildman–Crippen LogP) is 14.4. The molecule has 12 rings (SSSR count). The van der Waals surface area contributed by atoms with E-state index < -0.39 is 5.41 Å². The molecule has 0 bridgehead atoms. The van der Waals surface area contributed by atoms with Crippen LogP contribution in [-0.4, -0.2) is 4.57 Å². The van der Waals surface area contributed by atoms with Crippen LogP contribution in [0, 0.1) is 5.92 Å². The average Bonchev–Trinajstić information content (AvgIpc) is 3.61. The minimum Gasteiger partial charge on any atom is -0.314 e. The highest BCUT2D eigenvalue weighted by atomic mass is 15.2. The summed E-state index contributed by atoms with van der Waals surface area (Å²) in [6, 6.07) is 59.6. The van der Waals surface area contributed by atoms with Gasteiger partial charge >= 0.3 is 0 Å². The van der Waals surface area contributed by atoms with Gasteiger partial charge in [-0.2, -0.15) is 0 Å². The first-order valence-corrected chi connectivity index (χ1v) is 20.4. The number of hydrogen-bond donors (Lipinski definition) is 0. The monoisotopic (exact) mass is 728 g/mol. The van der Waals surface area contributed by atoms with Gasteiger partial charge in [-0.15, -0.1) is 0 Å². The minimum absolute atomic E-state index is 0.211. The number of rotatable bonds is 4. The van der Waals surface area contributed by atoms with Gasteiger partial charge in [-0.25, -0.2) is 0 Å². The third-order valence-corrected chi connectivity index (χ3v) is 13.1. The Balaban J connectivity index is 1.23. The van der Waals surface area contributed by atoms with Crippen LogP contribution in [0.3, 0.4) is 0 Å². The van der Waals surface area contributed by atoms with Gasteiger partial charge in [-0.3, -0.25) is 0 Å². The normalized spacial score (nSPS) is 18.8. The van der Waals surface area contributed by atoms with Crippen LogP contribution in [-0.2, 0) is 5.41 Å². The first kappa shape index (κ1) is 32.4. The molecule has 1 aliphatic heterocycles. The summed E-state index contributed by atoms with van der Waals surface area (Å²) in [6.45, 7) is 0. The van der Waals surface area contributed by atoms with Crippen molar-refractivity contribution in [1.29, 1.82) is 0 Å². The molecule has 0 N–H and O–H groups in total. The second-order valence-corrected chi connectivity index (χ2v) is 15.9. The third kappa shape index (κ3) is 4.59. The molecule has 8 aromatic carbocycles. The number of benzene rings is 8. The summed E-state index contributed by atoms with van der Waals surface area (Å²) in [4.78, 5) is 2.59. The Morgan fingerprint density at radius 3 is 1.89 bits per heavy atom. The maximum absolute atomic E-state index is 2.59. The molecular weight excluding hydrogens is 689 g/mol. The van der Waals surface area contributed by atoms with Crippen molar-refractivity contribution >= 4 is 65.5 Å². The molecule has 9 aromatic rings. The van der Waals surface area contributed by atoms with Crippen molar-refractivity contribution in [3.05, 3.63) is 223 Å². The zero-order valence-corrected chi connectivity index (χ0v) is 31.6. The van der Waals surface area contributed by atoms with Crippen molar-refractivity contribution in [3.63, 3.8) is 0 Å². The number of fused-ring (bicyclic) bond motifs is 11. The number of nitrogens with zero attached hydrogens (tertiary/aromatic N) is 2. The summed E-state index contributed by atoms with van der Waals surface area (Å²) >= 11 is 0. The maximum Gasteiger partial charge on any atom is 0.0558 e. The van der Waals surface area contributed by atoms with E-state index >= 15 is 0 Å². The molecular formula is C55H40N2. The van der Waals surface area contributed by atoms with Crippen LogP contribution in [0.2, 0.25) is 0 Å². The molecule has 2 heteroatoms. The van der Waals surface area contributed by atoms with Gasteiger partial charge in [0.05, 0.1) is 27.8 Å². The molecule has 2 aliphatic carbocycles. The Morgan fingerprint density at radius 2 is 1.16 bits per heavy atom. The summed E-state index contributed by atoms with van der Waals surface area (Å²) in [6.07, 6.45) is 19.1. The molecule has 3 aliphatic rings. The van der Waals surface area contributed by atoms with E-state index in [2.05, 4.69) is 210 Å². The van der Waals surface area contributed by atoms with E-state index in [4.69, 9.17) is 0 Å². The van der Waals surface area contributed by atoms with Gasteiger partial charge in [0.25, 0.3) is 0 Å². The molecule has 57 heavy (non-hydrogen) atoms. The molecule has 0 fully saturated rings. The first-order valence-electron chi connectivity index (χ1n) is 20.4. The van der Waals surface area contributed by atoms with E-state index in [0.29, 0.717) is 0 Å². The summed E-state index contributed by atoms with van der Waals surface area (Å²) in [5, 5.41) is 10.3. The van der Waals surface area contributed by atoms with E-state index in [1.807, 2.05) is 0 Å². The molecule has 0 spiro atoms. The van der Waals surface area contributed by atoms with Crippen LogP contribution in [0.4, 0.5) is 11.4 Å². The smallest absolute Gasteiger partial charge is 0.0558 e. The molecule has 0 saturated heterocycles. The summed E-state index contributed by atoms with van der Waals surface area (Å²) in [7, 11) is 0. The van der Waals surface area contributed by atoms with E-state index in [1.165, 1.54) is 93.6 Å². The number of allylic oxidation sites excluding steroid dienone is 8. The van der Waals surface area contributed by atoms with Gasteiger partial charge in [-0.1, -0.05) is 158 Å². The summed E-state index contributed by atoms with van der Waals surface area (Å²) in [5.41, 5.74) is 11.1. The molecule has 2 atom stereocenters. The van der Waals surface area contributed by atoms with E-state index in [9.17, 15) is 0 Å². The van der Waals surface area contributed by atoms with Gasteiger partial charge in [0.1, 0.15) is 0 Å². The Kier molecular flexibility index (Phi) is 7.13. The second kappa shape index (κ2) is 12.6. The first-order chi connectivity index (χ1) is 28.3. The minimum atomic E-state index is -0.440. The van der Waals surface area contributed by atoms with Crippen LogP contribution in [0.15, 0.2) is 206 Å². The highest BCUT2D eigenvalue weighted by Gasteiger charge is 2.49. The quantitative estimate of drug-likeness (QED) is 0.164. The highest BCUT2D eigenvalue weighted by Crippen LogP contribution is 2.60. The predicted molar refractivity (Wildman–Crippen MR) is 241 cm³/mol. The van der Waals surface area contributed by atoms with Crippen LogP contribution >= 0.6 is 0 Å². The zero-order valence-electron chi connectivity index (χ0n) is 31.6. The van der Waals surface area contributed by atoms with Crippen molar-refractivity contribution in [2.24, 2.45) is 5.92 Å². The van der Waals surface area contributed by atoms with Crippen LogP contribution in [0.1, 0.15) is 36.0 Å². The number of hydrogen-bond acceptors (Lipinski definition) is 1. The number of anilines is 2. The fourth-order valence-corrected chi connectivity index (χ4v) is 10.7. The maximum atomic E-state index is 2.59. The molecule has 2 heterocycles. The fourth-order valence-electron chi connectivity index (χ4n) is 10.7. The standard InChI is InChI=1S/C55H40N2/c1-4-18-37(19-5-1)55(38-20-6-2-7-21-38)49-29-15-17-31-52(49)56(39-22-8-3-9-23-39)54-35-48-46-28-14-16-30-51(46)57(53(48)36-50(54)55)40-32-33-45-43-26-11-10-24-41(43)42-25-12-13-27-44(42)47(45)34-40/h1-8,10-20,22,24-36,38H,9,21,23H2. The second-order valence-electron chi connectivity index (χ2n) is 15.9. The van der Waals surface area contributed by atoms with E-state index in [1.54, 1.807) is 0 Å². The lowest BCUT2D eigenvalue weighted by Crippen LogP contribution is -2.43. The Hall–Kier alpha value is -6.90. The van der Waals surface area contributed by atoms with E-state index in [-0.39, 0.29) is 5.92 Å². The molecule has 0 amide bonds. The number of para-hydroxylation sites is 2. The van der Waals surface area contributed by atoms with Crippen LogP contribution in [0.25, 0.3) is 59.8 Å². The van der Waals surface area contributed by atoms with Crippen LogP contribution in [0.5, 0.6) is 0 Å². The molecule has 2 unspecified atom stereocenters. The summed E-state index contributed by atoms with van der Waals surface area (Å²) in [5.74, 6) is 0.211. The van der Waals surface area contributed by atoms with Crippen molar-refractivity contribution in [2.45, 2.75) is 24.7 Å². The van der Waals surface area contributed by atoms with Crippen molar-refractivity contribution in [2.75, 3.05) is 4.90 Å². The fraction of sp³-hybridized carbons (Fsp3) is 0.0909. The zero-order chi connectivity index (χ0) is 37.5. The molecule has 2 nitrogen and oxygen atoms in total. The summed E-state index contributed by atoms with van der Waals surface area (Å²) < 4.78 is 2.54. The third-order valence-electron chi connectivity index (χ3n) is 13.1. The SMILES string of the molecule is C1=CCCC(N2c3ccccc3C(c3ccccc3)(C3C=CC=CC3)c3cc4c(cc32)c2ccccc2n4-c2ccc3c4ccccc4c4ccccc4c3c2)=C1. The molecule has 1 aromatic heterocycles. The largest absolute Gasteiger partial charge is 0.314 e. The Morgan fingerprint density at radius 1 is 0.474 bits per heavy atom.